The van der Waals surface area contributed by atoms with Gasteiger partial charge in [0.05, 0.1) is 0 Å². The molecule has 0 aliphatic heterocycles. The van der Waals surface area contributed by atoms with Gasteiger partial charge in [-0.25, -0.2) is 0 Å². The fraction of sp³-hybridized carbons (Fsp3) is 0.0833. The van der Waals surface area contributed by atoms with Gasteiger partial charge in [-0.3, -0.25) is 14.4 Å². The summed E-state index contributed by atoms with van der Waals surface area (Å²) >= 11 is 10.7. The number of amides is 1. The molecule has 0 spiro atoms. The molecule has 51 heavy (non-hydrogen) atoms. The molecular formula is C36H37B3Cl2N2O8. The van der Waals surface area contributed by atoms with Crippen molar-refractivity contribution in [2.75, 3.05) is 24.3 Å². The quantitative estimate of drug-likeness (QED) is 0.107. The zero-order valence-corrected chi connectivity index (χ0v) is 28.6. The second kappa shape index (κ2) is 21.5. The van der Waals surface area contributed by atoms with E-state index in [1.165, 1.54) is 60.7 Å². The number of benzene rings is 5. The predicted octanol–water partition coefficient (Wildman–Crippen LogP) is 3.54. The Balaban J connectivity index is 0.000000289. The Morgan fingerprint density at radius 2 is 0.961 bits per heavy atom. The summed E-state index contributed by atoms with van der Waals surface area (Å²) in [5.41, 5.74) is 4.08. The van der Waals surface area contributed by atoms with E-state index in [9.17, 15) is 24.4 Å². The molecule has 0 heterocycles. The van der Waals surface area contributed by atoms with Gasteiger partial charge in [-0.2, -0.15) is 0 Å². The van der Waals surface area contributed by atoms with E-state index in [0.29, 0.717) is 22.0 Å². The van der Waals surface area contributed by atoms with Gasteiger partial charge in [-0.1, -0.05) is 104 Å². The van der Waals surface area contributed by atoms with Crippen LogP contribution in [-0.2, 0) is 4.57 Å². The van der Waals surface area contributed by atoms with Crippen molar-refractivity contribution in [3.8, 4) is 0 Å². The summed E-state index contributed by atoms with van der Waals surface area (Å²) in [6, 6.07) is 37.2. The van der Waals surface area contributed by atoms with Crippen molar-refractivity contribution in [3.63, 3.8) is 0 Å². The fourth-order valence-corrected chi connectivity index (χ4v) is 4.45. The number of carbonyl (C=O) groups is 3. The van der Waals surface area contributed by atoms with Crippen molar-refractivity contribution >= 4 is 88.7 Å². The first-order chi connectivity index (χ1) is 23.9. The van der Waals surface area contributed by atoms with Crippen LogP contribution in [0, 0.1) is 0 Å². The van der Waals surface area contributed by atoms with E-state index >= 15 is 0 Å². The van der Waals surface area contributed by atoms with E-state index < -0.39 is 31.8 Å². The molecule has 0 aromatic heterocycles. The van der Waals surface area contributed by atoms with E-state index in [0.717, 1.165) is 11.4 Å². The van der Waals surface area contributed by atoms with Crippen molar-refractivity contribution in [1.29, 1.82) is 0 Å². The van der Waals surface area contributed by atoms with E-state index in [1.807, 2.05) is 67.7 Å². The summed E-state index contributed by atoms with van der Waals surface area (Å²) in [4.78, 5) is 35.7. The second-order valence-electron chi connectivity index (χ2n) is 10.4. The van der Waals surface area contributed by atoms with Crippen LogP contribution in [0.4, 0.5) is 11.4 Å². The van der Waals surface area contributed by atoms with Gasteiger partial charge in [0.2, 0.25) is 0 Å². The van der Waals surface area contributed by atoms with Gasteiger partial charge in [0.1, 0.15) is 0 Å². The molecule has 5 rings (SSSR count). The van der Waals surface area contributed by atoms with Crippen LogP contribution in [-0.4, -0.2) is 71.9 Å². The Morgan fingerprint density at radius 3 is 1.31 bits per heavy atom. The second-order valence-corrected chi connectivity index (χ2v) is 11.1. The number of anilines is 2. The van der Waals surface area contributed by atoms with Gasteiger partial charge >= 0.3 is 21.4 Å². The molecule has 0 fully saturated rings. The molecule has 1 amide bonds. The number of halogens is 2. The highest BCUT2D eigenvalue weighted by molar-refractivity contribution is 6.73. The monoisotopic (exact) mass is 728 g/mol. The zero-order valence-electron chi connectivity index (χ0n) is 27.1. The standard InChI is InChI=1S/C14H10B2Cl2O5.C14H14BNO3.C7H9N.CH4/c17-13(19)9-1-5-11(6-2-9)15(21)23-16(22)12-7-3-10(4-8-12)14(18)20;1-16(13-5-3-2-4-6-13)14(17)11-7-9-12(10-8-11)15(18)19;1-8-7-5-3-2-4-6-7;/h1-8,21-22H;2-10,18-19H,1H3;2-6,8H,1H3;1H4. The van der Waals surface area contributed by atoms with Crippen molar-refractivity contribution in [1.82, 2.24) is 0 Å². The van der Waals surface area contributed by atoms with Gasteiger partial charge in [0.15, 0.2) is 0 Å². The highest BCUT2D eigenvalue weighted by Crippen LogP contribution is 2.14. The molecule has 0 aliphatic carbocycles. The van der Waals surface area contributed by atoms with Gasteiger partial charge in [-0.15, -0.1) is 0 Å². The lowest BCUT2D eigenvalue weighted by Crippen LogP contribution is -2.45. The van der Waals surface area contributed by atoms with E-state index in [2.05, 4.69) is 5.32 Å². The van der Waals surface area contributed by atoms with Crippen molar-refractivity contribution in [2.24, 2.45) is 0 Å². The lowest BCUT2D eigenvalue weighted by molar-refractivity contribution is 0.0991. The summed E-state index contributed by atoms with van der Waals surface area (Å²) in [5.74, 6) is -0.148. The Kier molecular flexibility index (Phi) is 17.9. The third kappa shape index (κ3) is 13.5. The summed E-state index contributed by atoms with van der Waals surface area (Å²) in [7, 11) is -0.712. The van der Waals surface area contributed by atoms with Crippen LogP contribution in [0.2, 0.25) is 0 Å². The number of carbonyl (C=O) groups excluding carboxylic acids is 3. The lowest BCUT2D eigenvalue weighted by atomic mass is 9.71. The Hall–Kier alpha value is -4.72. The predicted molar refractivity (Wildman–Crippen MR) is 208 cm³/mol. The highest BCUT2D eigenvalue weighted by Gasteiger charge is 2.26. The van der Waals surface area contributed by atoms with Gasteiger partial charge in [-0.05, 0) is 76.0 Å². The molecule has 5 aromatic carbocycles. The minimum absolute atomic E-state index is 0. The van der Waals surface area contributed by atoms with Crippen LogP contribution >= 0.6 is 23.2 Å². The fourth-order valence-electron chi connectivity index (χ4n) is 4.20. The van der Waals surface area contributed by atoms with Gasteiger partial charge < -0.3 is 34.9 Å². The SMILES string of the molecule is C.CN(C(=O)c1ccc(B(O)O)cc1)c1ccccc1.CNc1ccccc1.O=C(Cl)c1ccc(B(O)OB(O)c2ccc(C(=O)Cl)cc2)cc1. The lowest BCUT2D eigenvalue weighted by Gasteiger charge is -2.17. The molecule has 262 valence electrons. The van der Waals surface area contributed by atoms with Crippen molar-refractivity contribution in [2.45, 2.75) is 7.43 Å². The number of nitrogens with zero attached hydrogens (tertiary/aromatic N) is 1. The van der Waals surface area contributed by atoms with E-state index in [-0.39, 0.29) is 24.5 Å². The Morgan fingerprint density at radius 1 is 0.588 bits per heavy atom. The Labute approximate surface area is 308 Å². The summed E-state index contributed by atoms with van der Waals surface area (Å²) < 4.78 is 5.10. The number of nitrogens with one attached hydrogen (secondary N) is 1. The largest absolute Gasteiger partial charge is 0.488 e. The van der Waals surface area contributed by atoms with Crippen LogP contribution in [0.5, 0.6) is 0 Å². The number of hydrogen-bond acceptors (Lipinski definition) is 9. The molecule has 10 nitrogen and oxygen atoms in total. The third-order valence-corrected chi connectivity index (χ3v) is 7.51. The van der Waals surface area contributed by atoms with Crippen LogP contribution in [0.25, 0.3) is 0 Å². The minimum atomic E-state index is -1.52. The average molecular weight is 729 g/mol. The van der Waals surface area contributed by atoms with Gasteiger partial charge in [0, 0.05) is 42.2 Å². The zero-order chi connectivity index (χ0) is 36.6. The first kappa shape index (κ1) is 42.5. The maximum atomic E-state index is 12.2. The molecule has 0 atom stereocenters. The molecule has 0 aliphatic rings. The highest BCUT2D eigenvalue weighted by atomic mass is 35.5. The summed E-state index contributed by atoms with van der Waals surface area (Å²) in [6.45, 7) is 0. The van der Waals surface area contributed by atoms with Crippen LogP contribution in [0.3, 0.4) is 0 Å². The molecule has 5 aromatic rings. The van der Waals surface area contributed by atoms with Crippen molar-refractivity contribution < 1.29 is 39.1 Å². The third-order valence-electron chi connectivity index (χ3n) is 7.07. The summed E-state index contributed by atoms with van der Waals surface area (Å²) in [5, 5.41) is 39.7. The molecule has 15 heteroatoms. The van der Waals surface area contributed by atoms with E-state index in [1.54, 1.807) is 24.1 Å². The maximum Gasteiger partial charge on any atom is 0.488 e. The first-order valence-electron chi connectivity index (χ1n) is 15.0. The number of rotatable bonds is 10. The number of hydrogen-bond donors (Lipinski definition) is 5. The summed E-state index contributed by atoms with van der Waals surface area (Å²) in [6.07, 6.45) is 0. The first-order valence-corrected chi connectivity index (χ1v) is 15.8. The van der Waals surface area contributed by atoms with Crippen molar-refractivity contribution in [3.05, 3.63) is 150 Å². The smallest absolute Gasteiger partial charge is 0.443 e. The Bertz CT molecular complexity index is 1740. The molecule has 0 bridgehead atoms. The molecular weight excluding hydrogens is 692 g/mol. The molecule has 5 N–H and O–H groups in total. The normalized spacial score (nSPS) is 9.73. The van der Waals surface area contributed by atoms with Crippen LogP contribution in [0.15, 0.2) is 133 Å². The van der Waals surface area contributed by atoms with Gasteiger partial charge in [0.25, 0.3) is 16.4 Å². The molecule has 0 saturated heterocycles. The molecule has 0 unspecified atom stereocenters. The van der Waals surface area contributed by atoms with Crippen LogP contribution in [0.1, 0.15) is 38.5 Å². The topological polar surface area (TPSA) is 157 Å². The average Bonchev–Trinajstić information content (AvgIpc) is 3.15. The molecule has 0 radical (unpaired) electrons. The molecule has 0 saturated carbocycles. The van der Waals surface area contributed by atoms with E-state index in [4.69, 9.17) is 37.8 Å². The minimum Gasteiger partial charge on any atom is -0.443 e. The maximum absolute atomic E-state index is 12.2. The van der Waals surface area contributed by atoms with Crippen LogP contribution < -0.4 is 26.6 Å². The number of para-hydroxylation sites is 2.